The van der Waals surface area contributed by atoms with E-state index in [0.29, 0.717) is 10.0 Å². The summed E-state index contributed by atoms with van der Waals surface area (Å²) in [5, 5.41) is 4.65. The SMILES string of the molecule is CCNC(c1ccc(C)cc1Br)c1cccc(Cl)c1Cl. The summed E-state index contributed by atoms with van der Waals surface area (Å²) < 4.78 is 1.07. The van der Waals surface area contributed by atoms with E-state index in [1.54, 1.807) is 6.07 Å². The van der Waals surface area contributed by atoms with Crippen LogP contribution in [0.25, 0.3) is 0 Å². The lowest BCUT2D eigenvalue weighted by Gasteiger charge is -2.22. The van der Waals surface area contributed by atoms with E-state index in [4.69, 9.17) is 23.2 Å². The monoisotopic (exact) mass is 371 g/mol. The van der Waals surface area contributed by atoms with E-state index < -0.39 is 0 Å². The van der Waals surface area contributed by atoms with Gasteiger partial charge in [0.1, 0.15) is 0 Å². The number of aryl methyl sites for hydroxylation is 1. The molecule has 2 aromatic carbocycles. The van der Waals surface area contributed by atoms with E-state index in [-0.39, 0.29) is 6.04 Å². The van der Waals surface area contributed by atoms with Gasteiger partial charge >= 0.3 is 0 Å². The molecule has 0 aliphatic rings. The first-order chi connectivity index (χ1) is 9.54. The zero-order valence-corrected chi connectivity index (χ0v) is 14.5. The summed E-state index contributed by atoms with van der Waals surface area (Å²) in [6.07, 6.45) is 0. The number of hydrogen-bond acceptors (Lipinski definition) is 1. The lowest BCUT2D eigenvalue weighted by atomic mass is 9.97. The molecule has 1 N–H and O–H groups in total. The lowest BCUT2D eigenvalue weighted by Crippen LogP contribution is -2.22. The van der Waals surface area contributed by atoms with E-state index in [1.165, 1.54) is 5.56 Å². The van der Waals surface area contributed by atoms with Crippen LogP contribution in [-0.4, -0.2) is 6.54 Å². The van der Waals surface area contributed by atoms with Gasteiger partial charge in [-0.3, -0.25) is 0 Å². The Bertz CT molecular complexity index is 613. The van der Waals surface area contributed by atoms with Gasteiger partial charge in [-0.1, -0.05) is 70.3 Å². The van der Waals surface area contributed by atoms with Gasteiger partial charge in [-0.05, 0) is 42.3 Å². The number of rotatable bonds is 4. The average molecular weight is 373 g/mol. The second-order valence-electron chi connectivity index (χ2n) is 4.66. The average Bonchev–Trinajstić information content (AvgIpc) is 2.40. The molecular formula is C16H16BrCl2N. The maximum atomic E-state index is 6.37. The van der Waals surface area contributed by atoms with E-state index in [1.807, 2.05) is 12.1 Å². The first-order valence-electron chi connectivity index (χ1n) is 6.48. The third kappa shape index (κ3) is 3.37. The van der Waals surface area contributed by atoms with Crippen molar-refractivity contribution in [1.29, 1.82) is 0 Å². The molecule has 0 amide bonds. The first kappa shape index (κ1) is 15.8. The van der Waals surface area contributed by atoms with Crippen molar-refractivity contribution >= 4 is 39.1 Å². The largest absolute Gasteiger partial charge is 0.306 e. The molecule has 0 aromatic heterocycles. The Labute approximate surface area is 138 Å². The Kier molecular flexibility index (Phi) is 5.50. The maximum absolute atomic E-state index is 6.37. The Morgan fingerprint density at radius 2 is 1.90 bits per heavy atom. The third-order valence-electron chi connectivity index (χ3n) is 3.17. The quantitative estimate of drug-likeness (QED) is 0.718. The van der Waals surface area contributed by atoms with Gasteiger partial charge in [0.2, 0.25) is 0 Å². The molecule has 2 rings (SSSR count). The van der Waals surface area contributed by atoms with Crippen LogP contribution in [0.1, 0.15) is 29.7 Å². The van der Waals surface area contributed by atoms with Gasteiger partial charge in [0.25, 0.3) is 0 Å². The van der Waals surface area contributed by atoms with Crippen molar-refractivity contribution in [1.82, 2.24) is 5.32 Å². The number of nitrogens with one attached hydrogen (secondary N) is 1. The van der Waals surface area contributed by atoms with Gasteiger partial charge in [-0.2, -0.15) is 0 Å². The van der Waals surface area contributed by atoms with E-state index >= 15 is 0 Å². The van der Waals surface area contributed by atoms with Gasteiger partial charge in [-0.15, -0.1) is 0 Å². The Morgan fingerprint density at radius 3 is 2.55 bits per heavy atom. The zero-order valence-electron chi connectivity index (χ0n) is 11.4. The molecule has 0 bridgehead atoms. The molecule has 1 atom stereocenters. The van der Waals surface area contributed by atoms with Gasteiger partial charge in [0.15, 0.2) is 0 Å². The molecule has 1 unspecified atom stereocenters. The second-order valence-corrected chi connectivity index (χ2v) is 6.30. The second kappa shape index (κ2) is 6.95. The highest BCUT2D eigenvalue weighted by Gasteiger charge is 2.19. The van der Waals surface area contributed by atoms with Crippen molar-refractivity contribution in [2.24, 2.45) is 0 Å². The highest BCUT2D eigenvalue weighted by atomic mass is 79.9. The molecule has 0 saturated carbocycles. The molecule has 0 aliphatic carbocycles. The molecule has 20 heavy (non-hydrogen) atoms. The molecule has 0 aliphatic heterocycles. The van der Waals surface area contributed by atoms with E-state index in [0.717, 1.165) is 22.1 Å². The van der Waals surface area contributed by atoms with E-state index in [9.17, 15) is 0 Å². The predicted molar refractivity (Wildman–Crippen MR) is 90.9 cm³/mol. The minimum atomic E-state index is 0.0150. The van der Waals surface area contributed by atoms with Crippen molar-refractivity contribution in [3.63, 3.8) is 0 Å². The summed E-state index contributed by atoms with van der Waals surface area (Å²) in [4.78, 5) is 0. The van der Waals surface area contributed by atoms with Crippen LogP contribution in [-0.2, 0) is 0 Å². The summed E-state index contributed by atoms with van der Waals surface area (Å²) in [6, 6.07) is 12.1. The minimum Gasteiger partial charge on any atom is -0.306 e. The van der Waals surface area contributed by atoms with Crippen LogP contribution < -0.4 is 5.32 Å². The Hall–Kier alpha value is -0.540. The number of hydrogen-bond donors (Lipinski definition) is 1. The molecule has 0 saturated heterocycles. The van der Waals surface area contributed by atoms with Crippen molar-refractivity contribution in [3.8, 4) is 0 Å². The van der Waals surface area contributed by atoms with Crippen LogP contribution in [0.5, 0.6) is 0 Å². The molecule has 0 fully saturated rings. The van der Waals surface area contributed by atoms with Crippen LogP contribution in [0.4, 0.5) is 0 Å². The normalized spacial score (nSPS) is 12.4. The van der Waals surface area contributed by atoms with Crippen LogP contribution in [0.15, 0.2) is 40.9 Å². The summed E-state index contributed by atoms with van der Waals surface area (Å²) in [6.45, 7) is 4.99. The fourth-order valence-electron chi connectivity index (χ4n) is 2.20. The van der Waals surface area contributed by atoms with Crippen LogP contribution in [0.3, 0.4) is 0 Å². The molecule has 0 radical (unpaired) electrons. The molecule has 1 nitrogen and oxygen atoms in total. The van der Waals surface area contributed by atoms with Gasteiger partial charge in [0.05, 0.1) is 16.1 Å². The van der Waals surface area contributed by atoms with Crippen LogP contribution in [0.2, 0.25) is 10.0 Å². The van der Waals surface area contributed by atoms with Gasteiger partial charge in [-0.25, -0.2) is 0 Å². The lowest BCUT2D eigenvalue weighted by molar-refractivity contribution is 0.628. The summed E-state index contributed by atoms with van der Waals surface area (Å²) in [5.74, 6) is 0. The highest BCUT2D eigenvalue weighted by molar-refractivity contribution is 9.10. The zero-order chi connectivity index (χ0) is 14.7. The summed E-state index contributed by atoms with van der Waals surface area (Å²) in [7, 11) is 0. The smallest absolute Gasteiger partial charge is 0.0643 e. The standard InChI is InChI=1S/C16H16BrCl2N/c1-3-20-16(11-8-7-10(2)9-13(11)17)12-5-4-6-14(18)15(12)19/h4-9,16,20H,3H2,1-2H3. The fourth-order valence-corrected chi connectivity index (χ4v) is 3.34. The van der Waals surface area contributed by atoms with Crippen LogP contribution >= 0.6 is 39.1 Å². The Morgan fingerprint density at radius 1 is 1.15 bits per heavy atom. The minimum absolute atomic E-state index is 0.0150. The topological polar surface area (TPSA) is 12.0 Å². The Balaban J connectivity index is 2.53. The third-order valence-corrected chi connectivity index (χ3v) is 4.69. The number of halogens is 3. The number of benzene rings is 2. The predicted octanol–water partition coefficient (Wildman–Crippen LogP) is 5.76. The molecule has 4 heteroatoms. The highest BCUT2D eigenvalue weighted by Crippen LogP contribution is 2.36. The van der Waals surface area contributed by atoms with E-state index in [2.05, 4.69) is 53.3 Å². The molecular weight excluding hydrogens is 357 g/mol. The van der Waals surface area contributed by atoms with Gasteiger partial charge < -0.3 is 5.32 Å². The van der Waals surface area contributed by atoms with Crippen molar-refractivity contribution in [3.05, 3.63) is 67.6 Å². The maximum Gasteiger partial charge on any atom is 0.0643 e. The first-order valence-corrected chi connectivity index (χ1v) is 8.02. The molecule has 0 heterocycles. The van der Waals surface area contributed by atoms with Gasteiger partial charge in [0, 0.05) is 4.47 Å². The van der Waals surface area contributed by atoms with Crippen molar-refractivity contribution in [2.45, 2.75) is 19.9 Å². The van der Waals surface area contributed by atoms with Crippen molar-refractivity contribution in [2.75, 3.05) is 6.54 Å². The summed E-state index contributed by atoms with van der Waals surface area (Å²) in [5.41, 5.74) is 3.36. The fraction of sp³-hybridized carbons (Fsp3) is 0.250. The summed E-state index contributed by atoms with van der Waals surface area (Å²) >= 11 is 16.2. The van der Waals surface area contributed by atoms with Crippen LogP contribution in [0, 0.1) is 6.92 Å². The molecule has 0 spiro atoms. The molecule has 2 aromatic rings. The van der Waals surface area contributed by atoms with Crippen molar-refractivity contribution < 1.29 is 0 Å². The molecule has 106 valence electrons.